The lowest BCUT2D eigenvalue weighted by atomic mass is 10.1. The van der Waals surface area contributed by atoms with Gasteiger partial charge in [-0.15, -0.1) is 10.2 Å². The van der Waals surface area contributed by atoms with E-state index in [9.17, 15) is 18.4 Å². The molecule has 0 radical (unpaired) electrons. The predicted octanol–water partition coefficient (Wildman–Crippen LogP) is 4.61. The third-order valence-corrected chi connectivity index (χ3v) is 6.32. The summed E-state index contributed by atoms with van der Waals surface area (Å²) in [4.78, 5) is 30.0. The molecule has 3 aromatic carbocycles. The molecular weight excluding hydrogens is 530 g/mol. The largest absolute Gasteiger partial charge is 0.464 e. The first kappa shape index (κ1) is 27.4. The summed E-state index contributed by atoms with van der Waals surface area (Å²) in [6.45, 7) is 1.64. The fourth-order valence-corrected chi connectivity index (χ4v) is 4.25. The van der Waals surface area contributed by atoms with Gasteiger partial charge in [0.15, 0.2) is 6.04 Å². The van der Waals surface area contributed by atoms with Crippen LogP contribution in [0.2, 0.25) is 0 Å². The molecule has 5 aromatic rings. The van der Waals surface area contributed by atoms with Gasteiger partial charge in [0, 0.05) is 18.7 Å². The normalized spacial score (nSPS) is 11.7. The van der Waals surface area contributed by atoms with Gasteiger partial charge in [0.05, 0.1) is 0 Å². The molecule has 0 saturated carbocycles. The van der Waals surface area contributed by atoms with Crippen LogP contribution in [0.25, 0.3) is 11.4 Å². The van der Waals surface area contributed by atoms with E-state index in [-0.39, 0.29) is 37.0 Å². The van der Waals surface area contributed by atoms with E-state index in [0.717, 1.165) is 10.4 Å². The van der Waals surface area contributed by atoms with E-state index in [0.29, 0.717) is 16.9 Å². The molecule has 41 heavy (non-hydrogen) atoms. The van der Waals surface area contributed by atoms with Crippen molar-refractivity contribution >= 4 is 11.8 Å². The van der Waals surface area contributed by atoms with Gasteiger partial charge >= 0.3 is 0 Å². The minimum absolute atomic E-state index is 0.0908. The van der Waals surface area contributed by atoms with Crippen LogP contribution in [-0.2, 0) is 29.2 Å². The number of halogens is 2. The third-order valence-electron chi connectivity index (χ3n) is 6.32. The molecule has 1 unspecified atom stereocenters. The number of aryl methyl sites for hydroxylation is 1. The Bertz CT molecular complexity index is 1620. The van der Waals surface area contributed by atoms with Gasteiger partial charge in [-0.2, -0.15) is 4.80 Å². The summed E-state index contributed by atoms with van der Waals surface area (Å²) < 4.78 is 32.5. The van der Waals surface area contributed by atoms with Crippen LogP contribution >= 0.6 is 0 Å². The number of carbonyl (C=O) groups is 2. The number of benzene rings is 3. The molecule has 0 bridgehead atoms. The Labute approximate surface area is 234 Å². The Morgan fingerprint density at radius 1 is 0.902 bits per heavy atom. The zero-order chi connectivity index (χ0) is 28.8. The van der Waals surface area contributed by atoms with Crippen molar-refractivity contribution in [3.63, 3.8) is 0 Å². The molecule has 9 nitrogen and oxygen atoms in total. The second-order valence-electron chi connectivity index (χ2n) is 9.35. The maximum atomic E-state index is 13.8. The van der Waals surface area contributed by atoms with Gasteiger partial charge in [-0.05, 0) is 71.8 Å². The number of aromatic nitrogens is 4. The van der Waals surface area contributed by atoms with Gasteiger partial charge in [0.1, 0.15) is 29.7 Å². The SMILES string of the molecule is Cc1ccc(C(C(=O)NCc2ccc(F)cc2)N(Cc2ccccc2)C(=O)Cn2nnc(-c3ccc(F)cc3)n2)o1. The second kappa shape index (κ2) is 12.3. The summed E-state index contributed by atoms with van der Waals surface area (Å²) in [5, 5.41) is 15.1. The minimum Gasteiger partial charge on any atom is -0.464 e. The van der Waals surface area contributed by atoms with Crippen LogP contribution in [0.1, 0.15) is 28.7 Å². The topological polar surface area (TPSA) is 106 Å². The number of nitrogens with one attached hydrogen (secondary N) is 1. The van der Waals surface area contributed by atoms with Gasteiger partial charge in [-0.1, -0.05) is 42.5 Å². The van der Waals surface area contributed by atoms with E-state index in [2.05, 4.69) is 20.7 Å². The van der Waals surface area contributed by atoms with Crippen LogP contribution in [0.3, 0.4) is 0 Å². The lowest BCUT2D eigenvalue weighted by molar-refractivity contribution is -0.143. The second-order valence-corrected chi connectivity index (χ2v) is 9.35. The van der Waals surface area contributed by atoms with Crippen molar-refractivity contribution in [2.45, 2.75) is 32.6 Å². The zero-order valence-corrected chi connectivity index (χ0v) is 22.1. The van der Waals surface area contributed by atoms with Crippen LogP contribution in [0, 0.1) is 18.6 Å². The van der Waals surface area contributed by atoms with Gasteiger partial charge in [-0.25, -0.2) is 8.78 Å². The Kier molecular flexibility index (Phi) is 8.23. The maximum absolute atomic E-state index is 13.8. The quantitative estimate of drug-likeness (QED) is 0.269. The molecule has 2 heterocycles. The number of carbonyl (C=O) groups excluding carboxylic acids is 2. The molecule has 2 amide bonds. The number of amides is 2. The van der Waals surface area contributed by atoms with E-state index >= 15 is 0 Å². The van der Waals surface area contributed by atoms with Gasteiger partial charge in [0.25, 0.3) is 5.91 Å². The Hall–Kier alpha value is -5.19. The van der Waals surface area contributed by atoms with Crippen molar-refractivity contribution in [2.75, 3.05) is 0 Å². The van der Waals surface area contributed by atoms with Crippen molar-refractivity contribution in [1.82, 2.24) is 30.4 Å². The zero-order valence-electron chi connectivity index (χ0n) is 22.1. The molecule has 0 saturated heterocycles. The molecule has 0 aliphatic carbocycles. The van der Waals surface area contributed by atoms with Crippen molar-refractivity contribution in [3.05, 3.63) is 125 Å². The summed E-state index contributed by atoms with van der Waals surface area (Å²) in [6.07, 6.45) is 0. The average Bonchev–Trinajstić information content (AvgIpc) is 3.62. The van der Waals surface area contributed by atoms with Crippen molar-refractivity contribution in [2.24, 2.45) is 0 Å². The summed E-state index contributed by atoms with van der Waals surface area (Å²) in [5.41, 5.74) is 2.02. The molecule has 1 N–H and O–H groups in total. The number of tetrazole rings is 1. The first-order valence-corrected chi connectivity index (χ1v) is 12.8. The first-order valence-electron chi connectivity index (χ1n) is 12.8. The number of furan rings is 1. The molecule has 5 rings (SSSR count). The lowest BCUT2D eigenvalue weighted by Crippen LogP contribution is -2.44. The van der Waals surface area contributed by atoms with Crippen molar-refractivity contribution in [1.29, 1.82) is 0 Å². The predicted molar refractivity (Wildman–Crippen MR) is 145 cm³/mol. The highest BCUT2D eigenvalue weighted by Crippen LogP contribution is 2.26. The van der Waals surface area contributed by atoms with Crippen LogP contribution in [0.15, 0.2) is 95.4 Å². The number of rotatable bonds is 10. The van der Waals surface area contributed by atoms with E-state index in [1.807, 2.05) is 30.3 Å². The molecule has 0 fully saturated rings. The van der Waals surface area contributed by atoms with Crippen LogP contribution in [0.5, 0.6) is 0 Å². The summed E-state index contributed by atoms with van der Waals surface area (Å²) in [5.74, 6) is -0.646. The molecule has 0 aliphatic rings. The highest BCUT2D eigenvalue weighted by Gasteiger charge is 2.34. The molecule has 0 spiro atoms. The average molecular weight is 557 g/mol. The van der Waals surface area contributed by atoms with Gasteiger partial charge in [-0.3, -0.25) is 9.59 Å². The fourth-order valence-electron chi connectivity index (χ4n) is 4.25. The molecule has 11 heteroatoms. The van der Waals surface area contributed by atoms with Crippen LogP contribution in [-0.4, -0.2) is 36.9 Å². The summed E-state index contributed by atoms with van der Waals surface area (Å²) in [6, 6.07) is 22.8. The molecule has 2 aromatic heterocycles. The van der Waals surface area contributed by atoms with E-state index < -0.39 is 23.7 Å². The summed E-state index contributed by atoms with van der Waals surface area (Å²) in [7, 11) is 0. The summed E-state index contributed by atoms with van der Waals surface area (Å²) >= 11 is 0. The van der Waals surface area contributed by atoms with E-state index in [1.54, 1.807) is 31.2 Å². The minimum atomic E-state index is -1.13. The van der Waals surface area contributed by atoms with Crippen molar-refractivity contribution < 1.29 is 22.8 Å². The maximum Gasteiger partial charge on any atom is 0.251 e. The molecule has 1 atom stereocenters. The van der Waals surface area contributed by atoms with Crippen LogP contribution < -0.4 is 5.32 Å². The Balaban J connectivity index is 1.43. The van der Waals surface area contributed by atoms with Crippen molar-refractivity contribution in [3.8, 4) is 11.4 Å². The number of hydrogen-bond donors (Lipinski definition) is 1. The number of nitrogens with zero attached hydrogens (tertiary/aromatic N) is 5. The van der Waals surface area contributed by atoms with E-state index in [4.69, 9.17) is 4.42 Å². The highest BCUT2D eigenvalue weighted by molar-refractivity contribution is 5.88. The third kappa shape index (κ3) is 6.88. The standard InChI is InChI=1S/C30H26F2N6O3/c1-20-7-16-26(41-20)28(30(40)33-17-21-8-12-24(31)13-9-21)37(18-22-5-3-2-4-6-22)27(39)19-38-35-29(34-36-38)23-10-14-25(32)15-11-23/h2-16,28H,17-19H2,1H3,(H,33,40). The van der Waals surface area contributed by atoms with Gasteiger partial charge < -0.3 is 14.6 Å². The highest BCUT2D eigenvalue weighted by atomic mass is 19.1. The van der Waals surface area contributed by atoms with E-state index in [1.165, 1.54) is 41.3 Å². The fraction of sp³-hybridized carbons (Fsp3) is 0.167. The van der Waals surface area contributed by atoms with Crippen LogP contribution in [0.4, 0.5) is 8.78 Å². The smallest absolute Gasteiger partial charge is 0.251 e. The first-order chi connectivity index (χ1) is 19.9. The number of hydrogen-bond acceptors (Lipinski definition) is 6. The molecule has 0 aliphatic heterocycles. The Morgan fingerprint density at radius 2 is 1.59 bits per heavy atom. The molecule has 208 valence electrons. The lowest BCUT2D eigenvalue weighted by Gasteiger charge is -2.30. The molecular formula is C30H26F2N6O3. The van der Waals surface area contributed by atoms with Gasteiger partial charge in [0.2, 0.25) is 11.7 Å². The monoisotopic (exact) mass is 556 g/mol. The Morgan fingerprint density at radius 3 is 2.24 bits per heavy atom.